The fourth-order valence-corrected chi connectivity index (χ4v) is 1.12. The van der Waals surface area contributed by atoms with E-state index in [4.69, 9.17) is 16.7 Å². The molecule has 1 atom stereocenters. The largest absolute Gasteiger partial charge is 0.394 e. The summed E-state index contributed by atoms with van der Waals surface area (Å²) in [5.74, 6) is 0. The van der Waals surface area contributed by atoms with Crippen LogP contribution >= 0.6 is 11.6 Å². The Morgan fingerprint density at radius 2 is 2.00 bits per heavy atom. The number of nitrogens with zero attached hydrogens (tertiary/aromatic N) is 1. The van der Waals surface area contributed by atoms with Gasteiger partial charge in [0.15, 0.2) is 0 Å². The van der Waals surface area contributed by atoms with Crippen LogP contribution < -0.4 is 0 Å². The van der Waals surface area contributed by atoms with Gasteiger partial charge in [0.25, 0.3) is 0 Å². The van der Waals surface area contributed by atoms with Gasteiger partial charge in [-0.15, -0.1) is 11.6 Å². The van der Waals surface area contributed by atoms with Gasteiger partial charge in [0.05, 0.1) is 11.5 Å². The molecule has 0 radical (unpaired) electrons. The van der Waals surface area contributed by atoms with Gasteiger partial charge in [-0.2, -0.15) is 4.91 Å². The van der Waals surface area contributed by atoms with Gasteiger partial charge in [-0.1, -0.05) is 19.0 Å². The summed E-state index contributed by atoms with van der Waals surface area (Å²) in [5, 5.41) is 11.5. The molecule has 0 saturated heterocycles. The molecular weight excluding hydrogens is 166 g/mol. The van der Waals surface area contributed by atoms with E-state index in [9.17, 15) is 4.91 Å². The zero-order valence-electron chi connectivity index (χ0n) is 6.88. The molecule has 0 heterocycles. The lowest BCUT2D eigenvalue weighted by atomic mass is 9.94. The SMILES string of the molecule is CCC(Cl)(CC)C(CO)N=O. The fraction of sp³-hybridized carbons (Fsp3) is 1.00. The molecule has 0 fully saturated rings. The summed E-state index contributed by atoms with van der Waals surface area (Å²) in [5.41, 5.74) is 0. The monoisotopic (exact) mass is 179 g/mol. The van der Waals surface area contributed by atoms with Gasteiger partial charge in [-0.05, 0) is 12.8 Å². The third kappa shape index (κ3) is 2.42. The van der Waals surface area contributed by atoms with Gasteiger partial charge in [0, 0.05) is 0 Å². The quantitative estimate of drug-likeness (QED) is 0.518. The summed E-state index contributed by atoms with van der Waals surface area (Å²) in [7, 11) is 0. The van der Waals surface area contributed by atoms with Crippen molar-refractivity contribution in [1.29, 1.82) is 0 Å². The smallest absolute Gasteiger partial charge is 0.134 e. The lowest BCUT2D eigenvalue weighted by molar-refractivity contribution is 0.232. The number of nitroso groups, excluding NO2 is 1. The molecule has 66 valence electrons. The maximum atomic E-state index is 10.2. The van der Waals surface area contributed by atoms with E-state index < -0.39 is 10.9 Å². The molecule has 0 aliphatic heterocycles. The molecule has 0 rings (SSSR count). The molecule has 0 aliphatic rings. The highest BCUT2D eigenvalue weighted by Gasteiger charge is 2.34. The Labute approximate surface area is 71.7 Å². The van der Waals surface area contributed by atoms with Crippen molar-refractivity contribution in [2.24, 2.45) is 5.18 Å². The molecule has 1 N–H and O–H groups in total. The van der Waals surface area contributed by atoms with Crippen LogP contribution in [0.1, 0.15) is 26.7 Å². The van der Waals surface area contributed by atoms with Gasteiger partial charge in [-0.3, -0.25) is 0 Å². The first-order valence-electron chi connectivity index (χ1n) is 3.76. The highest BCUT2D eigenvalue weighted by Crippen LogP contribution is 2.29. The number of aliphatic hydroxyl groups excluding tert-OH is 1. The first-order valence-corrected chi connectivity index (χ1v) is 4.14. The van der Waals surface area contributed by atoms with Crippen LogP contribution in [-0.2, 0) is 0 Å². The summed E-state index contributed by atoms with van der Waals surface area (Å²) < 4.78 is 0. The number of aliphatic hydroxyl groups is 1. The molecule has 0 saturated carbocycles. The van der Waals surface area contributed by atoms with Crippen LogP contribution in [0.15, 0.2) is 5.18 Å². The van der Waals surface area contributed by atoms with Crippen molar-refractivity contribution in [1.82, 2.24) is 0 Å². The van der Waals surface area contributed by atoms with Crippen molar-refractivity contribution < 1.29 is 5.11 Å². The van der Waals surface area contributed by atoms with Crippen molar-refractivity contribution in [2.75, 3.05) is 6.61 Å². The molecule has 0 aromatic carbocycles. The summed E-state index contributed by atoms with van der Waals surface area (Å²) >= 11 is 6.02. The highest BCUT2D eigenvalue weighted by molar-refractivity contribution is 6.24. The second kappa shape index (κ2) is 4.67. The van der Waals surface area contributed by atoms with E-state index in [1.807, 2.05) is 13.8 Å². The summed E-state index contributed by atoms with van der Waals surface area (Å²) in [4.78, 5) is 9.55. The van der Waals surface area contributed by atoms with Gasteiger partial charge >= 0.3 is 0 Å². The van der Waals surface area contributed by atoms with Gasteiger partial charge in [-0.25, -0.2) is 0 Å². The van der Waals surface area contributed by atoms with Crippen LogP contribution in [0.25, 0.3) is 0 Å². The molecule has 0 aliphatic carbocycles. The van der Waals surface area contributed by atoms with Crippen molar-refractivity contribution in [3.63, 3.8) is 0 Å². The number of hydrogen-bond acceptors (Lipinski definition) is 3. The van der Waals surface area contributed by atoms with E-state index >= 15 is 0 Å². The molecule has 0 aromatic heterocycles. The van der Waals surface area contributed by atoms with Crippen molar-refractivity contribution in [2.45, 2.75) is 37.6 Å². The second-order valence-electron chi connectivity index (χ2n) is 2.55. The average Bonchev–Trinajstić information content (AvgIpc) is 2.06. The minimum absolute atomic E-state index is 0.269. The third-order valence-corrected chi connectivity index (χ3v) is 2.86. The topological polar surface area (TPSA) is 49.7 Å². The highest BCUT2D eigenvalue weighted by atomic mass is 35.5. The summed E-state index contributed by atoms with van der Waals surface area (Å²) in [6, 6.07) is -0.681. The normalized spacial score (nSPS) is 14.5. The van der Waals surface area contributed by atoms with Crippen LogP contribution in [0.2, 0.25) is 0 Å². The standard InChI is InChI=1S/C7H14ClNO2/c1-3-7(8,4-2)6(5-10)9-11/h6,10H,3-5H2,1-2H3. The Hall–Kier alpha value is -0.150. The Kier molecular flexibility index (Phi) is 4.61. The maximum absolute atomic E-state index is 10.2. The Morgan fingerprint density at radius 3 is 2.09 bits per heavy atom. The van der Waals surface area contributed by atoms with E-state index in [1.165, 1.54) is 0 Å². The predicted molar refractivity (Wildman–Crippen MR) is 45.8 cm³/mol. The molecule has 1 unspecified atom stereocenters. The van der Waals surface area contributed by atoms with Gasteiger partial charge in [0.2, 0.25) is 0 Å². The van der Waals surface area contributed by atoms with Crippen molar-refractivity contribution >= 4 is 11.6 Å². The number of alkyl halides is 1. The van der Waals surface area contributed by atoms with E-state index in [0.29, 0.717) is 12.8 Å². The third-order valence-electron chi connectivity index (χ3n) is 2.07. The minimum Gasteiger partial charge on any atom is -0.394 e. The van der Waals surface area contributed by atoms with Crippen LogP contribution in [-0.4, -0.2) is 22.6 Å². The second-order valence-corrected chi connectivity index (χ2v) is 3.30. The van der Waals surface area contributed by atoms with E-state index in [1.54, 1.807) is 0 Å². The lowest BCUT2D eigenvalue weighted by Crippen LogP contribution is -2.36. The fourth-order valence-electron chi connectivity index (χ4n) is 1.01. The average molecular weight is 180 g/mol. The van der Waals surface area contributed by atoms with E-state index in [0.717, 1.165) is 0 Å². The zero-order valence-corrected chi connectivity index (χ0v) is 7.64. The predicted octanol–water partition coefficient (Wildman–Crippen LogP) is 1.91. The van der Waals surface area contributed by atoms with Gasteiger partial charge < -0.3 is 5.11 Å². The van der Waals surface area contributed by atoms with Crippen LogP contribution in [0.3, 0.4) is 0 Å². The van der Waals surface area contributed by atoms with Crippen molar-refractivity contribution in [3.8, 4) is 0 Å². The van der Waals surface area contributed by atoms with Crippen LogP contribution in [0, 0.1) is 4.91 Å². The molecule has 0 bridgehead atoms. The lowest BCUT2D eigenvalue weighted by Gasteiger charge is -2.26. The van der Waals surface area contributed by atoms with E-state index in [2.05, 4.69) is 5.18 Å². The molecule has 4 heteroatoms. The first-order chi connectivity index (χ1) is 5.14. The van der Waals surface area contributed by atoms with Crippen LogP contribution in [0.4, 0.5) is 0 Å². The Bertz CT molecular complexity index is 126. The van der Waals surface area contributed by atoms with E-state index in [-0.39, 0.29) is 6.61 Å². The zero-order chi connectivity index (χ0) is 8.91. The summed E-state index contributed by atoms with van der Waals surface area (Å²) in [6.07, 6.45) is 1.28. The number of halogens is 1. The van der Waals surface area contributed by atoms with Crippen molar-refractivity contribution in [3.05, 3.63) is 4.91 Å². The van der Waals surface area contributed by atoms with Crippen LogP contribution in [0.5, 0.6) is 0 Å². The minimum atomic E-state index is -0.681. The molecule has 3 nitrogen and oxygen atoms in total. The number of rotatable bonds is 5. The first kappa shape index (κ1) is 10.8. The summed E-state index contributed by atoms with van der Waals surface area (Å²) in [6.45, 7) is 3.49. The maximum Gasteiger partial charge on any atom is 0.134 e. The molecular formula is C7H14ClNO2. The molecule has 0 amide bonds. The Morgan fingerprint density at radius 1 is 1.55 bits per heavy atom. The molecule has 0 spiro atoms. The van der Waals surface area contributed by atoms with Gasteiger partial charge in [0.1, 0.15) is 6.04 Å². The number of hydrogen-bond donors (Lipinski definition) is 1. The molecule has 11 heavy (non-hydrogen) atoms. The Balaban J connectivity index is 4.30. The molecule has 0 aromatic rings.